The number of rotatable bonds is 5. The molecule has 0 atom stereocenters. The quantitative estimate of drug-likeness (QED) is 0.631. The highest BCUT2D eigenvalue weighted by Gasteiger charge is 2.35. The second-order valence-electron chi connectivity index (χ2n) is 4.85. The van der Waals surface area contributed by atoms with E-state index in [1.165, 1.54) is 30.1 Å². The zero-order valence-electron chi connectivity index (χ0n) is 10.3. The molecule has 0 spiro atoms. The van der Waals surface area contributed by atoms with Crippen LogP contribution in [0.4, 0.5) is 11.5 Å². The molecule has 1 N–H and O–H groups in total. The number of hydrogen-bond donors (Lipinski definition) is 1. The monoisotopic (exact) mass is 238 g/mol. The van der Waals surface area contributed by atoms with Gasteiger partial charge in [-0.3, -0.25) is 14.8 Å². The molecule has 17 heavy (non-hydrogen) atoms. The van der Waals surface area contributed by atoms with Crippen molar-refractivity contribution in [3.8, 4) is 0 Å². The minimum Gasteiger partial charge on any atom is -0.362 e. The van der Waals surface area contributed by atoms with Crippen LogP contribution in [0.3, 0.4) is 0 Å². The maximum atomic E-state index is 10.8. The van der Waals surface area contributed by atoms with Crippen LogP contribution in [-0.2, 0) is 7.05 Å². The summed E-state index contributed by atoms with van der Waals surface area (Å²) in [7, 11) is 1.69. The summed E-state index contributed by atoms with van der Waals surface area (Å²) in [5.41, 5.74) is 0.379. The van der Waals surface area contributed by atoms with E-state index < -0.39 is 4.92 Å². The van der Waals surface area contributed by atoms with E-state index >= 15 is 0 Å². The molecule has 2 rings (SSSR count). The minimum absolute atomic E-state index is 0.0538. The Hall–Kier alpha value is -1.59. The maximum absolute atomic E-state index is 10.8. The lowest BCUT2D eigenvalue weighted by Gasteiger charge is -2.41. The number of anilines is 1. The second kappa shape index (κ2) is 4.35. The van der Waals surface area contributed by atoms with Gasteiger partial charge in [-0.15, -0.1) is 5.10 Å². The first-order valence-electron chi connectivity index (χ1n) is 5.98. The maximum Gasteiger partial charge on any atom is 0.330 e. The van der Waals surface area contributed by atoms with E-state index in [-0.39, 0.29) is 5.69 Å². The smallest absolute Gasteiger partial charge is 0.330 e. The van der Waals surface area contributed by atoms with E-state index in [1.54, 1.807) is 7.05 Å². The fourth-order valence-corrected chi connectivity index (χ4v) is 2.34. The van der Waals surface area contributed by atoms with Gasteiger partial charge >= 0.3 is 5.69 Å². The van der Waals surface area contributed by atoms with Gasteiger partial charge in [-0.25, -0.2) is 0 Å². The molecule has 1 aromatic heterocycles. The molecule has 0 amide bonds. The molecule has 1 aliphatic carbocycles. The van der Waals surface area contributed by atoms with Gasteiger partial charge in [-0.05, 0) is 24.7 Å². The van der Waals surface area contributed by atoms with Crippen molar-refractivity contribution in [2.45, 2.75) is 32.6 Å². The summed E-state index contributed by atoms with van der Waals surface area (Å²) in [5.74, 6) is 0.386. The topological polar surface area (TPSA) is 73.0 Å². The first kappa shape index (κ1) is 11.9. The van der Waals surface area contributed by atoms with Crippen LogP contribution in [0, 0.1) is 15.5 Å². The van der Waals surface area contributed by atoms with Gasteiger partial charge in [0.2, 0.25) is 5.82 Å². The molecule has 1 aliphatic rings. The predicted octanol–water partition coefficient (Wildman–Crippen LogP) is 2.32. The fourth-order valence-electron chi connectivity index (χ4n) is 2.34. The molecule has 1 saturated carbocycles. The van der Waals surface area contributed by atoms with Gasteiger partial charge in [0, 0.05) is 13.6 Å². The standard InChI is InChI=1S/C11H18N4O2/c1-3-11(5-4-6-11)8-12-10-9(15(16)17)7-14(2)13-10/h7H,3-6,8H2,1-2H3,(H,12,13). The van der Waals surface area contributed by atoms with Crippen LogP contribution >= 0.6 is 0 Å². The van der Waals surface area contributed by atoms with Crippen molar-refractivity contribution in [1.29, 1.82) is 0 Å². The highest BCUT2D eigenvalue weighted by molar-refractivity contribution is 5.54. The van der Waals surface area contributed by atoms with Gasteiger partial charge in [0.15, 0.2) is 0 Å². The molecule has 1 heterocycles. The summed E-state index contributed by atoms with van der Waals surface area (Å²) >= 11 is 0. The van der Waals surface area contributed by atoms with Crippen LogP contribution in [0.15, 0.2) is 6.20 Å². The Morgan fingerprint density at radius 2 is 2.35 bits per heavy atom. The number of aryl methyl sites for hydroxylation is 1. The lowest BCUT2D eigenvalue weighted by atomic mass is 9.67. The summed E-state index contributed by atoms with van der Waals surface area (Å²) in [5, 5.41) is 18.1. The van der Waals surface area contributed by atoms with Crippen molar-refractivity contribution >= 4 is 11.5 Å². The number of hydrogen-bond acceptors (Lipinski definition) is 4. The Morgan fingerprint density at radius 3 is 2.82 bits per heavy atom. The first-order chi connectivity index (χ1) is 8.06. The van der Waals surface area contributed by atoms with E-state index in [4.69, 9.17) is 0 Å². The van der Waals surface area contributed by atoms with Gasteiger partial charge in [0.1, 0.15) is 6.20 Å². The minimum atomic E-state index is -0.394. The molecule has 6 nitrogen and oxygen atoms in total. The normalized spacial score (nSPS) is 17.5. The van der Waals surface area contributed by atoms with Crippen LogP contribution in [0.5, 0.6) is 0 Å². The molecular weight excluding hydrogens is 220 g/mol. The Kier molecular flexibility index (Phi) is 3.04. The van der Waals surface area contributed by atoms with E-state index in [9.17, 15) is 10.1 Å². The molecule has 0 aromatic carbocycles. The predicted molar refractivity (Wildman–Crippen MR) is 64.9 cm³/mol. The zero-order valence-corrected chi connectivity index (χ0v) is 10.3. The SMILES string of the molecule is CCC1(CNc2nn(C)cc2[N+](=O)[O-])CCC1. The van der Waals surface area contributed by atoms with Crippen molar-refractivity contribution in [2.24, 2.45) is 12.5 Å². The molecule has 0 radical (unpaired) electrons. The largest absolute Gasteiger partial charge is 0.362 e. The molecule has 6 heteroatoms. The van der Waals surface area contributed by atoms with E-state index in [2.05, 4.69) is 17.3 Å². The lowest BCUT2D eigenvalue weighted by Crippen LogP contribution is -2.36. The van der Waals surface area contributed by atoms with Gasteiger partial charge in [-0.2, -0.15) is 0 Å². The Morgan fingerprint density at radius 1 is 1.65 bits per heavy atom. The first-order valence-corrected chi connectivity index (χ1v) is 5.98. The third kappa shape index (κ3) is 2.25. The van der Waals surface area contributed by atoms with Crippen LogP contribution in [0.1, 0.15) is 32.6 Å². The highest BCUT2D eigenvalue weighted by Crippen LogP contribution is 2.43. The van der Waals surface area contributed by atoms with Crippen LogP contribution in [0.25, 0.3) is 0 Å². The van der Waals surface area contributed by atoms with Gasteiger partial charge < -0.3 is 5.32 Å². The van der Waals surface area contributed by atoms with Gasteiger partial charge in [0.25, 0.3) is 0 Å². The van der Waals surface area contributed by atoms with Crippen molar-refractivity contribution in [3.63, 3.8) is 0 Å². The average Bonchev–Trinajstić information content (AvgIpc) is 2.59. The van der Waals surface area contributed by atoms with Crippen molar-refractivity contribution in [3.05, 3.63) is 16.3 Å². The summed E-state index contributed by atoms with van der Waals surface area (Å²) in [4.78, 5) is 10.4. The third-order valence-corrected chi connectivity index (χ3v) is 3.80. The van der Waals surface area contributed by atoms with Crippen molar-refractivity contribution in [1.82, 2.24) is 9.78 Å². The second-order valence-corrected chi connectivity index (χ2v) is 4.85. The zero-order chi connectivity index (χ0) is 12.5. The molecule has 0 aliphatic heterocycles. The van der Waals surface area contributed by atoms with Gasteiger partial charge in [0.05, 0.1) is 4.92 Å². The van der Waals surface area contributed by atoms with E-state index in [0.717, 1.165) is 13.0 Å². The average molecular weight is 238 g/mol. The van der Waals surface area contributed by atoms with Crippen LogP contribution < -0.4 is 5.32 Å². The summed E-state index contributed by atoms with van der Waals surface area (Å²) in [6.07, 6.45) is 6.22. The number of nitro groups is 1. The fraction of sp³-hybridized carbons (Fsp3) is 0.727. The van der Waals surface area contributed by atoms with E-state index in [1.807, 2.05) is 0 Å². The molecule has 94 valence electrons. The lowest BCUT2D eigenvalue weighted by molar-refractivity contribution is -0.384. The highest BCUT2D eigenvalue weighted by atomic mass is 16.6. The third-order valence-electron chi connectivity index (χ3n) is 3.80. The van der Waals surface area contributed by atoms with Crippen LogP contribution in [-0.4, -0.2) is 21.2 Å². The summed E-state index contributed by atoms with van der Waals surface area (Å²) in [6.45, 7) is 2.95. The number of nitrogens with one attached hydrogen (secondary N) is 1. The van der Waals surface area contributed by atoms with Gasteiger partial charge in [-0.1, -0.05) is 13.3 Å². The van der Waals surface area contributed by atoms with Crippen molar-refractivity contribution in [2.75, 3.05) is 11.9 Å². The Bertz CT molecular complexity index is 418. The van der Waals surface area contributed by atoms with Crippen molar-refractivity contribution < 1.29 is 4.92 Å². The molecule has 0 bridgehead atoms. The Labute approximate surface area is 100 Å². The molecule has 0 saturated heterocycles. The molecule has 0 unspecified atom stereocenters. The number of aromatic nitrogens is 2. The summed E-state index contributed by atoms with van der Waals surface area (Å²) in [6, 6.07) is 0. The molecule has 1 aromatic rings. The van der Waals surface area contributed by atoms with Crippen LogP contribution in [0.2, 0.25) is 0 Å². The molecule has 1 fully saturated rings. The Balaban J connectivity index is 2.05. The summed E-state index contributed by atoms with van der Waals surface area (Å²) < 4.78 is 1.47. The molecular formula is C11H18N4O2. The van der Waals surface area contributed by atoms with E-state index in [0.29, 0.717) is 11.2 Å². The number of nitrogens with zero attached hydrogens (tertiary/aromatic N) is 3.